The van der Waals surface area contributed by atoms with Gasteiger partial charge in [-0.15, -0.1) is 0 Å². The van der Waals surface area contributed by atoms with E-state index in [0.29, 0.717) is 41.0 Å². The number of carbonyl (C=O) groups is 1. The number of rotatable bonds is 4. The summed E-state index contributed by atoms with van der Waals surface area (Å²) in [4.78, 5) is 18.9. The van der Waals surface area contributed by atoms with Crippen molar-refractivity contribution in [2.75, 3.05) is 13.1 Å². The number of amides is 1. The molecule has 1 amide bonds. The molecule has 0 unspecified atom stereocenters. The molecule has 1 aliphatic rings. The first kappa shape index (κ1) is 28.5. The molecule has 1 heterocycles. The Labute approximate surface area is 219 Å². The van der Waals surface area contributed by atoms with Gasteiger partial charge in [0.15, 0.2) is 0 Å². The Morgan fingerprint density at radius 2 is 1.74 bits per heavy atom. The van der Waals surface area contributed by atoms with Gasteiger partial charge in [-0.05, 0) is 75.6 Å². The monoisotopic (exact) mass is 515 g/mol. The van der Waals surface area contributed by atoms with Gasteiger partial charge < -0.3 is 15.4 Å². The second-order valence-corrected chi connectivity index (χ2v) is 9.71. The van der Waals surface area contributed by atoms with Crippen LogP contribution in [-0.2, 0) is 4.74 Å². The molecule has 2 N–H and O–H groups in total. The average molecular weight is 517 g/mol. The van der Waals surface area contributed by atoms with E-state index in [1.165, 1.54) is 0 Å². The molecule has 2 aromatic carbocycles. The molecule has 7 heteroatoms. The van der Waals surface area contributed by atoms with Crippen LogP contribution in [0.25, 0.3) is 0 Å². The Bertz CT molecular complexity index is 1120. The third-order valence-electron chi connectivity index (χ3n) is 5.15. The van der Waals surface area contributed by atoms with Crippen molar-refractivity contribution in [1.29, 1.82) is 0 Å². The van der Waals surface area contributed by atoms with Gasteiger partial charge in [-0.25, -0.2) is 9.79 Å². The number of nitrogens with zero attached hydrogens (tertiary/aromatic N) is 2. The number of allylic oxidation sites excluding steroid dienone is 2. The highest BCUT2D eigenvalue weighted by Crippen LogP contribution is 2.28. The number of halogens is 2. The Kier molecular flexibility index (Phi) is 10.4. The fourth-order valence-corrected chi connectivity index (χ4v) is 3.93. The number of ether oxygens (including phenoxy) is 1. The summed E-state index contributed by atoms with van der Waals surface area (Å²) in [6.45, 7) is 12.5. The van der Waals surface area contributed by atoms with Crippen molar-refractivity contribution < 1.29 is 9.53 Å². The van der Waals surface area contributed by atoms with Crippen LogP contribution in [0.4, 0.5) is 10.5 Å². The maximum atomic E-state index is 12.4. The van der Waals surface area contributed by atoms with Crippen molar-refractivity contribution in [1.82, 2.24) is 4.90 Å². The van der Waals surface area contributed by atoms with Gasteiger partial charge in [0.25, 0.3) is 0 Å². The second-order valence-electron chi connectivity index (χ2n) is 8.86. The Morgan fingerprint density at radius 3 is 2.29 bits per heavy atom. The first-order valence-electron chi connectivity index (χ1n) is 11.8. The average Bonchev–Trinajstić information content (AvgIpc) is 2.83. The molecule has 0 saturated heterocycles. The molecule has 0 aromatic heterocycles. The van der Waals surface area contributed by atoms with E-state index in [1.54, 1.807) is 17.0 Å². The van der Waals surface area contributed by atoms with Crippen LogP contribution in [0, 0.1) is 0 Å². The quantitative estimate of drug-likeness (QED) is 0.420. The molecule has 5 nitrogen and oxygen atoms in total. The van der Waals surface area contributed by atoms with Gasteiger partial charge in [-0.1, -0.05) is 61.3 Å². The van der Waals surface area contributed by atoms with Gasteiger partial charge >= 0.3 is 6.09 Å². The van der Waals surface area contributed by atoms with Gasteiger partial charge in [-0.2, -0.15) is 0 Å². The van der Waals surface area contributed by atoms with Crippen molar-refractivity contribution in [3.8, 4) is 0 Å². The van der Waals surface area contributed by atoms with E-state index in [4.69, 9.17) is 38.7 Å². The predicted octanol–water partition coefficient (Wildman–Crippen LogP) is 7.94. The highest BCUT2D eigenvalue weighted by atomic mass is 35.5. The van der Waals surface area contributed by atoms with Crippen molar-refractivity contribution in [2.24, 2.45) is 10.7 Å². The van der Waals surface area contributed by atoms with Crippen LogP contribution in [0.1, 0.15) is 53.5 Å². The molecule has 188 valence electrons. The Hall–Kier alpha value is -2.76. The van der Waals surface area contributed by atoms with Crippen LogP contribution >= 0.6 is 23.2 Å². The van der Waals surface area contributed by atoms with Gasteiger partial charge in [0.1, 0.15) is 5.60 Å². The topological polar surface area (TPSA) is 67.9 Å². The van der Waals surface area contributed by atoms with E-state index in [9.17, 15) is 4.79 Å². The largest absolute Gasteiger partial charge is 0.444 e. The number of hydrogen-bond acceptors (Lipinski definition) is 4. The molecule has 0 spiro atoms. The molecule has 3 rings (SSSR count). The summed E-state index contributed by atoms with van der Waals surface area (Å²) in [6, 6.07) is 15.0. The fraction of sp³-hybridized carbons (Fsp3) is 0.357. The van der Waals surface area contributed by atoms with E-state index < -0.39 is 5.60 Å². The summed E-state index contributed by atoms with van der Waals surface area (Å²) >= 11 is 12.6. The lowest BCUT2D eigenvalue weighted by atomic mass is 9.96. The maximum Gasteiger partial charge on any atom is 0.410 e. The van der Waals surface area contributed by atoms with E-state index in [2.05, 4.69) is 0 Å². The Morgan fingerprint density at radius 1 is 1.09 bits per heavy atom. The van der Waals surface area contributed by atoms with Crippen LogP contribution in [0.15, 0.2) is 76.4 Å². The van der Waals surface area contributed by atoms with Crippen LogP contribution in [0.3, 0.4) is 0 Å². The normalized spacial score (nSPS) is 14.9. The number of aliphatic imine (C=N–C) groups is 1. The van der Waals surface area contributed by atoms with Crippen LogP contribution in [-0.4, -0.2) is 35.4 Å². The van der Waals surface area contributed by atoms with E-state index >= 15 is 0 Å². The summed E-state index contributed by atoms with van der Waals surface area (Å²) in [5, 5.41) is 1.05. The number of carbonyl (C=O) groups excluding carboxylic acids is 1. The van der Waals surface area contributed by atoms with Gasteiger partial charge in [0, 0.05) is 29.4 Å². The lowest BCUT2D eigenvalue weighted by Crippen LogP contribution is -2.39. The van der Waals surface area contributed by atoms with Crippen LogP contribution in [0.2, 0.25) is 10.0 Å². The highest BCUT2D eigenvalue weighted by Gasteiger charge is 2.25. The summed E-state index contributed by atoms with van der Waals surface area (Å²) in [5.41, 5.74) is 10.7. The maximum absolute atomic E-state index is 12.4. The standard InChI is InChI=1S/C26H29Cl2N3O2.C2H6/c1-17(23(29)18-12-14-31(15-13-18)25(32)33-26(2,3)4)24(30-20-8-6-5-7-9-20)21-11-10-19(27)16-22(21)28;1-2/h5-12,16H,13-15,29H2,1-4H3;1-2H3/b23-17-,30-24?;. The first-order valence-corrected chi connectivity index (χ1v) is 12.5. The summed E-state index contributed by atoms with van der Waals surface area (Å²) in [7, 11) is 0. The third kappa shape index (κ3) is 8.15. The van der Waals surface area contributed by atoms with Gasteiger partial charge in [0.05, 0.1) is 16.4 Å². The van der Waals surface area contributed by atoms with Crippen molar-refractivity contribution in [2.45, 2.75) is 53.6 Å². The molecule has 0 atom stereocenters. The fourth-order valence-electron chi connectivity index (χ4n) is 3.43. The number of nitrogens with two attached hydrogens (primary N) is 1. The zero-order valence-corrected chi connectivity index (χ0v) is 22.9. The second kappa shape index (κ2) is 12.8. The van der Waals surface area contributed by atoms with Gasteiger partial charge in [0.2, 0.25) is 0 Å². The first-order chi connectivity index (χ1) is 16.5. The molecule has 1 aliphatic heterocycles. The molecule has 0 saturated carbocycles. The molecule has 2 aromatic rings. The van der Waals surface area contributed by atoms with E-state index in [1.807, 2.05) is 84.0 Å². The predicted molar refractivity (Wildman–Crippen MR) is 148 cm³/mol. The van der Waals surface area contributed by atoms with Crippen molar-refractivity contribution >= 4 is 40.7 Å². The molecular formula is C28H35Cl2N3O2. The van der Waals surface area contributed by atoms with Crippen molar-refractivity contribution in [3.05, 3.63) is 87.1 Å². The van der Waals surface area contributed by atoms with Crippen molar-refractivity contribution in [3.63, 3.8) is 0 Å². The molecule has 0 radical (unpaired) electrons. The third-order valence-corrected chi connectivity index (χ3v) is 5.70. The number of hydrogen-bond donors (Lipinski definition) is 1. The number of para-hydroxylation sites is 1. The minimum atomic E-state index is -0.531. The number of benzene rings is 2. The molecular weight excluding hydrogens is 481 g/mol. The zero-order chi connectivity index (χ0) is 26.2. The lowest BCUT2D eigenvalue weighted by Gasteiger charge is -2.30. The smallest absolute Gasteiger partial charge is 0.410 e. The van der Waals surface area contributed by atoms with Crippen LogP contribution < -0.4 is 5.73 Å². The Balaban J connectivity index is 0.00000210. The molecule has 0 fully saturated rings. The minimum absolute atomic E-state index is 0.323. The minimum Gasteiger partial charge on any atom is -0.444 e. The molecule has 0 bridgehead atoms. The SMILES string of the molecule is C/C(C(=Nc1ccccc1)c1ccc(Cl)cc1Cl)=C(/N)C1=CCN(C(=O)OC(C)(C)C)CC1.CC. The highest BCUT2D eigenvalue weighted by molar-refractivity contribution is 6.38. The lowest BCUT2D eigenvalue weighted by molar-refractivity contribution is 0.0266. The summed E-state index contributed by atoms with van der Waals surface area (Å²) < 4.78 is 5.48. The van der Waals surface area contributed by atoms with Gasteiger partial charge in [-0.3, -0.25) is 0 Å². The van der Waals surface area contributed by atoms with Crippen LogP contribution in [0.5, 0.6) is 0 Å². The molecule has 0 aliphatic carbocycles. The summed E-state index contributed by atoms with van der Waals surface area (Å²) in [5.74, 6) is 0. The summed E-state index contributed by atoms with van der Waals surface area (Å²) in [6.07, 6.45) is 2.27. The van der Waals surface area contributed by atoms with E-state index in [0.717, 1.165) is 22.4 Å². The van der Waals surface area contributed by atoms with E-state index in [-0.39, 0.29) is 6.09 Å². The molecule has 35 heavy (non-hydrogen) atoms. The zero-order valence-electron chi connectivity index (χ0n) is 21.4.